The lowest BCUT2D eigenvalue weighted by atomic mass is 9.99. The van der Waals surface area contributed by atoms with E-state index in [-0.39, 0.29) is 5.44 Å². The highest BCUT2D eigenvalue weighted by molar-refractivity contribution is 7.99. The average molecular weight is 445 g/mol. The smallest absolute Gasteiger partial charge is 0.338 e. The first-order chi connectivity index (χ1) is 15.0. The number of rotatable bonds is 8. The molecule has 0 aromatic heterocycles. The van der Waals surface area contributed by atoms with Crippen molar-refractivity contribution in [1.82, 2.24) is 0 Å². The molecule has 5 atom stereocenters. The Balaban J connectivity index is 1.84. The molecule has 0 saturated carbocycles. The quantitative estimate of drug-likeness (QED) is 0.564. The maximum absolute atomic E-state index is 12.7. The molecule has 3 unspecified atom stereocenters. The Hall–Kier alpha value is -2.35. The summed E-state index contributed by atoms with van der Waals surface area (Å²) in [7, 11) is 0. The summed E-state index contributed by atoms with van der Waals surface area (Å²) in [6.45, 7) is 5.50. The molecule has 0 aliphatic carbocycles. The number of carbonyl (C=O) groups excluding carboxylic acids is 2. The van der Waals surface area contributed by atoms with Crippen molar-refractivity contribution in [3.05, 3.63) is 71.8 Å². The summed E-state index contributed by atoms with van der Waals surface area (Å²) in [6, 6.07) is 18.4. The molecule has 2 aromatic rings. The number of carbonyl (C=O) groups is 2. The van der Waals surface area contributed by atoms with E-state index in [1.165, 1.54) is 6.92 Å². The van der Waals surface area contributed by atoms with Gasteiger partial charge in [-0.15, -0.1) is 11.8 Å². The van der Waals surface area contributed by atoms with Gasteiger partial charge in [-0.25, -0.2) is 4.79 Å². The van der Waals surface area contributed by atoms with Gasteiger partial charge in [-0.1, -0.05) is 55.5 Å². The molecule has 0 N–H and O–H groups in total. The molecule has 0 amide bonds. The van der Waals surface area contributed by atoms with E-state index in [1.54, 1.807) is 36.0 Å². The van der Waals surface area contributed by atoms with Gasteiger partial charge in [0.15, 0.2) is 12.2 Å². The van der Waals surface area contributed by atoms with Gasteiger partial charge in [0.1, 0.15) is 11.5 Å². The lowest BCUT2D eigenvalue weighted by Gasteiger charge is -2.44. The summed E-state index contributed by atoms with van der Waals surface area (Å²) in [6.07, 6.45) is -2.66. The molecule has 1 fully saturated rings. The Morgan fingerprint density at radius 2 is 1.58 bits per heavy atom. The summed E-state index contributed by atoms with van der Waals surface area (Å²) in [4.78, 5) is 24.7. The third-order valence-corrected chi connectivity index (χ3v) is 5.94. The third-order valence-electron chi connectivity index (χ3n) is 4.90. The van der Waals surface area contributed by atoms with E-state index in [0.29, 0.717) is 12.2 Å². The second kappa shape index (κ2) is 11.3. The van der Waals surface area contributed by atoms with E-state index in [0.717, 1.165) is 11.3 Å². The monoisotopic (exact) mass is 444 g/mol. The zero-order valence-corrected chi connectivity index (χ0v) is 18.7. The van der Waals surface area contributed by atoms with Crippen molar-refractivity contribution in [1.29, 1.82) is 0 Å². The van der Waals surface area contributed by atoms with Crippen LogP contribution in [0.5, 0.6) is 0 Å². The zero-order valence-electron chi connectivity index (χ0n) is 17.9. The van der Waals surface area contributed by atoms with Crippen LogP contribution in [0, 0.1) is 0 Å². The van der Waals surface area contributed by atoms with E-state index in [9.17, 15) is 9.59 Å². The summed E-state index contributed by atoms with van der Waals surface area (Å²) >= 11 is 1.57. The van der Waals surface area contributed by atoms with E-state index < -0.39 is 36.4 Å². The minimum absolute atomic E-state index is 0.321. The first kappa shape index (κ1) is 23.3. The predicted octanol–water partition coefficient (Wildman–Crippen LogP) is 4.23. The van der Waals surface area contributed by atoms with Gasteiger partial charge in [-0.3, -0.25) is 4.79 Å². The summed E-state index contributed by atoms with van der Waals surface area (Å²) in [5, 5.41) is 0. The molecule has 0 spiro atoms. The number of esters is 2. The second-order valence-electron chi connectivity index (χ2n) is 7.24. The fraction of sp³-hybridized carbons (Fsp3) is 0.417. The molecule has 0 bridgehead atoms. The Morgan fingerprint density at radius 3 is 2.19 bits per heavy atom. The van der Waals surface area contributed by atoms with Crippen LogP contribution in [-0.4, -0.2) is 47.5 Å². The number of hydrogen-bond acceptors (Lipinski definition) is 7. The largest absolute Gasteiger partial charge is 0.456 e. The SMILES string of the molecule is CCS[C@@H]1OC(C)[C@@H](OC(=O)c2ccccc2)C(OC(C)=O)C1OCc1ccccc1. The van der Waals surface area contributed by atoms with Crippen molar-refractivity contribution in [2.75, 3.05) is 5.75 Å². The van der Waals surface area contributed by atoms with Crippen LogP contribution in [0.15, 0.2) is 60.7 Å². The first-order valence-corrected chi connectivity index (χ1v) is 11.4. The first-order valence-electron chi connectivity index (χ1n) is 10.4. The molecule has 3 rings (SSSR count). The van der Waals surface area contributed by atoms with Crippen molar-refractivity contribution in [2.45, 2.75) is 57.2 Å². The molecule has 6 nitrogen and oxygen atoms in total. The van der Waals surface area contributed by atoms with Crippen LogP contribution < -0.4 is 0 Å². The zero-order chi connectivity index (χ0) is 22.2. The van der Waals surface area contributed by atoms with Crippen LogP contribution in [0.4, 0.5) is 0 Å². The normalized spacial score (nSPS) is 25.6. The van der Waals surface area contributed by atoms with Crippen LogP contribution in [-0.2, 0) is 30.3 Å². The maximum atomic E-state index is 12.7. The Morgan fingerprint density at radius 1 is 0.935 bits per heavy atom. The highest BCUT2D eigenvalue weighted by Gasteiger charge is 2.49. The molecular formula is C24H28O6S. The molecule has 1 heterocycles. The number of benzene rings is 2. The van der Waals surface area contributed by atoms with Gasteiger partial charge in [-0.05, 0) is 30.4 Å². The lowest BCUT2D eigenvalue weighted by molar-refractivity contribution is -0.223. The summed E-state index contributed by atoms with van der Waals surface area (Å²) < 4.78 is 23.8. The minimum atomic E-state index is -0.800. The topological polar surface area (TPSA) is 71.1 Å². The molecule has 1 saturated heterocycles. The Kier molecular flexibility index (Phi) is 8.51. The van der Waals surface area contributed by atoms with E-state index in [2.05, 4.69) is 0 Å². The van der Waals surface area contributed by atoms with Crippen LogP contribution in [0.3, 0.4) is 0 Å². The van der Waals surface area contributed by atoms with Crippen molar-refractivity contribution < 1.29 is 28.5 Å². The number of hydrogen-bond donors (Lipinski definition) is 0. The Labute approximate surface area is 187 Å². The van der Waals surface area contributed by atoms with Crippen molar-refractivity contribution >= 4 is 23.7 Å². The van der Waals surface area contributed by atoms with Gasteiger partial charge in [0.2, 0.25) is 0 Å². The molecule has 1 aliphatic heterocycles. The van der Waals surface area contributed by atoms with Gasteiger partial charge < -0.3 is 18.9 Å². The lowest BCUT2D eigenvalue weighted by Crippen LogP contribution is -2.59. The molecule has 166 valence electrons. The highest BCUT2D eigenvalue weighted by Crippen LogP contribution is 2.34. The van der Waals surface area contributed by atoms with Crippen LogP contribution in [0.1, 0.15) is 36.7 Å². The second-order valence-corrected chi connectivity index (χ2v) is 8.61. The fourth-order valence-corrected chi connectivity index (χ4v) is 4.47. The maximum Gasteiger partial charge on any atom is 0.338 e. The average Bonchev–Trinajstić information content (AvgIpc) is 2.77. The summed E-state index contributed by atoms with van der Waals surface area (Å²) in [5.41, 5.74) is 1.05. The van der Waals surface area contributed by atoms with E-state index >= 15 is 0 Å². The molecule has 7 heteroatoms. The van der Waals surface area contributed by atoms with Gasteiger partial charge in [0.25, 0.3) is 0 Å². The van der Waals surface area contributed by atoms with Gasteiger partial charge >= 0.3 is 11.9 Å². The van der Waals surface area contributed by atoms with Gasteiger partial charge in [0, 0.05) is 6.92 Å². The van der Waals surface area contributed by atoms with Gasteiger partial charge in [-0.2, -0.15) is 0 Å². The van der Waals surface area contributed by atoms with Crippen LogP contribution in [0.2, 0.25) is 0 Å². The molecule has 31 heavy (non-hydrogen) atoms. The standard InChI is InChI=1S/C24H28O6S/c1-4-31-24-22(27-15-18-11-7-5-8-12-18)21(29-17(3)25)20(16(2)28-24)30-23(26)19-13-9-6-10-14-19/h5-14,16,20-22,24H,4,15H2,1-3H3/t16?,20-,21?,22?,24+/m1/s1. The molecule has 0 radical (unpaired) electrons. The number of ether oxygens (including phenoxy) is 4. The van der Waals surface area contributed by atoms with Crippen molar-refractivity contribution in [2.24, 2.45) is 0 Å². The Bertz CT molecular complexity index is 844. The minimum Gasteiger partial charge on any atom is -0.456 e. The van der Waals surface area contributed by atoms with Crippen LogP contribution in [0.25, 0.3) is 0 Å². The van der Waals surface area contributed by atoms with E-state index in [1.807, 2.05) is 50.2 Å². The van der Waals surface area contributed by atoms with Crippen molar-refractivity contribution in [3.8, 4) is 0 Å². The number of thioether (sulfide) groups is 1. The predicted molar refractivity (Wildman–Crippen MR) is 119 cm³/mol. The van der Waals surface area contributed by atoms with Crippen molar-refractivity contribution in [3.63, 3.8) is 0 Å². The molecule has 2 aromatic carbocycles. The van der Waals surface area contributed by atoms with E-state index in [4.69, 9.17) is 18.9 Å². The van der Waals surface area contributed by atoms with Gasteiger partial charge in [0.05, 0.1) is 18.3 Å². The molecule has 1 aliphatic rings. The van der Waals surface area contributed by atoms with Crippen LogP contribution >= 0.6 is 11.8 Å². The highest BCUT2D eigenvalue weighted by atomic mass is 32.2. The fourth-order valence-electron chi connectivity index (χ4n) is 3.47. The third kappa shape index (κ3) is 6.32. The molecular weight excluding hydrogens is 416 g/mol. The summed E-state index contributed by atoms with van der Waals surface area (Å²) in [5.74, 6) is -0.167.